The van der Waals surface area contributed by atoms with Gasteiger partial charge in [-0.1, -0.05) is 49.0 Å². The van der Waals surface area contributed by atoms with Crippen LogP contribution in [0.5, 0.6) is 5.75 Å². The second kappa shape index (κ2) is 9.92. The van der Waals surface area contributed by atoms with E-state index in [1.807, 2.05) is 47.5 Å². The minimum atomic E-state index is 0.0831. The van der Waals surface area contributed by atoms with Crippen LogP contribution in [0.3, 0.4) is 0 Å². The fourth-order valence-electron chi connectivity index (χ4n) is 3.84. The number of piperidine rings is 1. The van der Waals surface area contributed by atoms with Crippen molar-refractivity contribution >= 4 is 16.9 Å². The van der Waals surface area contributed by atoms with Crippen LogP contribution in [-0.2, 0) is 4.79 Å². The molecule has 4 aromatic rings. The summed E-state index contributed by atoms with van der Waals surface area (Å²) >= 11 is 0. The van der Waals surface area contributed by atoms with E-state index in [4.69, 9.17) is 0 Å². The van der Waals surface area contributed by atoms with Crippen molar-refractivity contribution in [3.63, 3.8) is 0 Å². The Morgan fingerprint density at radius 1 is 0.969 bits per heavy atom. The minimum absolute atomic E-state index is 0.0831. The lowest BCUT2D eigenvalue weighted by Gasteiger charge is -2.25. The molecule has 2 aromatic heterocycles. The van der Waals surface area contributed by atoms with E-state index in [-0.39, 0.29) is 11.7 Å². The van der Waals surface area contributed by atoms with Crippen LogP contribution >= 0.6 is 0 Å². The monoisotopic (exact) mass is 426 g/mol. The number of aromatic nitrogens is 3. The molecule has 0 radical (unpaired) electrons. The first-order valence-electron chi connectivity index (χ1n) is 10.8. The predicted octanol–water partition coefficient (Wildman–Crippen LogP) is 5.18. The van der Waals surface area contributed by atoms with Crippen LogP contribution in [0, 0.1) is 0 Å². The number of benzene rings is 2. The first-order valence-corrected chi connectivity index (χ1v) is 10.8. The Morgan fingerprint density at radius 3 is 2.41 bits per heavy atom. The molecule has 0 atom stereocenters. The lowest BCUT2D eigenvalue weighted by atomic mass is 10.0. The van der Waals surface area contributed by atoms with Gasteiger partial charge in [0.2, 0.25) is 5.91 Å². The average molecular weight is 427 g/mol. The average Bonchev–Trinajstić information content (AvgIpc) is 3.29. The number of aromatic hydroxyl groups is 1. The Labute approximate surface area is 187 Å². The number of nitrogens with one attached hydrogen (secondary N) is 1. The van der Waals surface area contributed by atoms with Gasteiger partial charge in [-0.2, -0.15) is 0 Å². The molecule has 0 unspecified atom stereocenters. The molecule has 1 saturated heterocycles. The quantitative estimate of drug-likeness (QED) is 0.442. The van der Waals surface area contributed by atoms with Gasteiger partial charge < -0.3 is 15.0 Å². The minimum Gasteiger partial charge on any atom is -0.507 e. The number of phenolic OH excluding ortho intramolecular Hbond substituents is 1. The highest BCUT2D eigenvalue weighted by molar-refractivity contribution is 5.95. The maximum atomic E-state index is 11.0. The Kier molecular flexibility index (Phi) is 6.60. The summed E-state index contributed by atoms with van der Waals surface area (Å²) in [5.74, 6) is 0.285. The van der Waals surface area contributed by atoms with Crippen molar-refractivity contribution in [3.05, 3.63) is 79.5 Å². The number of nitrogens with zero attached hydrogens (tertiary/aromatic N) is 3. The molecule has 0 spiro atoms. The number of carbonyl (C=O) groups excluding carboxylic acids is 1. The van der Waals surface area contributed by atoms with Crippen LogP contribution in [0.2, 0.25) is 0 Å². The SMILES string of the molecule is C=CC(=O)N1CCCCC1.Oc1ccccc1-c1cc2c(-c3ccccc3)c[nH]c2nn1. The second-order valence-electron chi connectivity index (χ2n) is 7.67. The standard InChI is InChI=1S/C18H13N3O.C8H13NO/c22-17-9-5-4-8-13(17)16-10-14-15(11-19-18(14)21-20-16)12-6-2-1-3-7-12;1-2-8(10)9-6-4-3-5-7-9/h1-11,22H,(H,19,21);2H,1,3-7H2. The molecular weight excluding hydrogens is 400 g/mol. The number of phenols is 1. The molecule has 3 heterocycles. The molecule has 0 bridgehead atoms. The van der Waals surface area contributed by atoms with E-state index in [2.05, 4.69) is 33.9 Å². The number of fused-ring (bicyclic) bond motifs is 1. The zero-order valence-electron chi connectivity index (χ0n) is 17.9. The highest BCUT2D eigenvalue weighted by atomic mass is 16.3. The largest absolute Gasteiger partial charge is 0.507 e. The van der Waals surface area contributed by atoms with Crippen LogP contribution in [0.1, 0.15) is 19.3 Å². The number of likely N-dealkylation sites (tertiary alicyclic amines) is 1. The third-order valence-electron chi connectivity index (χ3n) is 5.54. The first-order chi connectivity index (χ1) is 15.7. The Morgan fingerprint density at radius 2 is 1.69 bits per heavy atom. The molecule has 6 heteroatoms. The summed E-state index contributed by atoms with van der Waals surface area (Å²) in [4.78, 5) is 16.0. The highest BCUT2D eigenvalue weighted by Gasteiger charge is 2.13. The van der Waals surface area contributed by atoms with Crippen molar-refractivity contribution in [3.8, 4) is 28.1 Å². The summed E-state index contributed by atoms with van der Waals surface area (Å²) < 4.78 is 0. The Hall–Kier alpha value is -3.93. The number of carbonyl (C=O) groups is 1. The smallest absolute Gasteiger partial charge is 0.245 e. The lowest BCUT2D eigenvalue weighted by molar-refractivity contribution is -0.126. The first kappa shape index (κ1) is 21.3. The maximum Gasteiger partial charge on any atom is 0.245 e. The van der Waals surface area contributed by atoms with Gasteiger partial charge in [0.05, 0.1) is 5.69 Å². The zero-order valence-corrected chi connectivity index (χ0v) is 17.9. The van der Waals surface area contributed by atoms with Crippen molar-refractivity contribution in [2.75, 3.05) is 13.1 Å². The number of rotatable bonds is 3. The molecule has 1 aliphatic rings. The van der Waals surface area contributed by atoms with E-state index in [0.717, 1.165) is 48.1 Å². The molecule has 6 nitrogen and oxygen atoms in total. The maximum absolute atomic E-state index is 11.0. The molecule has 1 aliphatic heterocycles. The highest BCUT2D eigenvalue weighted by Crippen LogP contribution is 2.32. The number of H-pyrrole nitrogens is 1. The summed E-state index contributed by atoms with van der Waals surface area (Å²) in [6, 6.07) is 19.2. The number of hydrogen-bond donors (Lipinski definition) is 2. The van der Waals surface area contributed by atoms with Crippen LogP contribution in [0.4, 0.5) is 0 Å². The third kappa shape index (κ3) is 4.70. The Bertz CT molecular complexity index is 1210. The van der Waals surface area contributed by atoms with E-state index >= 15 is 0 Å². The van der Waals surface area contributed by atoms with Gasteiger partial charge in [-0.15, -0.1) is 10.2 Å². The van der Waals surface area contributed by atoms with Crippen LogP contribution in [0.25, 0.3) is 33.4 Å². The summed E-state index contributed by atoms with van der Waals surface area (Å²) in [5, 5.41) is 19.4. The van der Waals surface area contributed by atoms with Crippen LogP contribution in [0.15, 0.2) is 79.5 Å². The van der Waals surface area contributed by atoms with Crippen LogP contribution in [-0.4, -0.2) is 44.2 Å². The van der Waals surface area contributed by atoms with Gasteiger partial charge in [-0.05, 0) is 49.1 Å². The number of aromatic amines is 1. The van der Waals surface area contributed by atoms with Crippen molar-refractivity contribution in [2.45, 2.75) is 19.3 Å². The molecule has 162 valence electrons. The van der Waals surface area contributed by atoms with Gasteiger partial charge in [-0.25, -0.2) is 0 Å². The fraction of sp³-hybridized carbons (Fsp3) is 0.192. The van der Waals surface area contributed by atoms with E-state index in [9.17, 15) is 9.90 Å². The molecule has 2 N–H and O–H groups in total. The van der Waals surface area contributed by atoms with Crippen molar-refractivity contribution in [1.29, 1.82) is 0 Å². The summed E-state index contributed by atoms with van der Waals surface area (Å²) in [5.41, 5.74) is 4.25. The lowest BCUT2D eigenvalue weighted by Crippen LogP contribution is -2.34. The molecule has 1 amide bonds. The second-order valence-corrected chi connectivity index (χ2v) is 7.67. The molecule has 5 rings (SSSR count). The van der Waals surface area contributed by atoms with Crippen molar-refractivity contribution in [2.24, 2.45) is 0 Å². The molecule has 2 aromatic carbocycles. The van der Waals surface area contributed by atoms with Crippen molar-refractivity contribution in [1.82, 2.24) is 20.1 Å². The van der Waals surface area contributed by atoms with E-state index in [0.29, 0.717) is 11.3 Å². The van der Waals surface area contributed by atoms with Gasteiger partial charge in [0.1, 0.15) is 5.75 Å². The Balaban J connectivity index is 0.000000207. The van der Waals surface area contributed by atoms with Crippen LogP contribution < -0.4 is 0 Å². The molecule has 1 fully saturated rings. The molecular formula is C26H26N4O2. The van der Waals surface area contributed by atoms with Gasteiger partial charge in [0, 0.05) is 35.8 Å². The summed E-state index contributed by atoms with van der Waals surface area (Å²) in [7, 11) is 0. The molecule has 0 aliphatic carbocycles. The number of amides is 1. The fourth-order valence-corrected chi connectivity index (χ4v) is 3.84. The zero-order chi connectivity index (χ0) is 22.3. The van der Waals surface area contributed by atoms with Gasteiger partial charge >= 0.3 is 0 Å². The third-order valence-corrected chi connectivity index (χ3v) is 5.54. The van der Waals surface area contributed by atoms with Crippen molar-refractivity contribution < 1.29 is 9.90 Å². The number of para-hydroxylation sites is 1. The van der Waals surface area contributed by atoms with E-state index in [1.54, 1.807) is 12.1 Å². The topological polar surface area (TPSA) is 82.1 Å². The van der Waals surface area contributed by atoms with Gasteiger partial charge in [0.15, 0.2) is 5.65 Å². The normalized spacial score (nSPS) is 13.3. The predicted molar refractivity (Wildman–Crippen MR) is 127 cm³/mol. The van der Waals surface area contributed by atoms with E-state index in [1.165, 1.54) is 12.5 Å². The summed E-state index contributed by atoms with van der Waals surface area (Å²) in [6.45, 7) is 5.29. The molecule has 0 saturated carbocycles. The van der Waals surface area contributed by atoms with E-state index < -0.39 is 0 Å². The number of hydrogen-bond acceptors (Lipinski definition) is 4. The van der Waals surface area contributed by atoms with Gasteiger partial charge in [-0.3, -0.25) is 4.79 Å². The van der Waals surface area contributed by atoms with Gasteiger partial charge in [0.25, 0.3) is 0 Å². The molecule has 32 heavy (non-hydrogen) atoms. The summed E-state index contributed by atoms with van der Waals surface area (Å²) in [6.07, 6.45) is 6.90.